The van der Waals surface area contributed by atoms with E-state index in [1.165, 1.54) is 31.3 Å². The minimum atomic E-state index is -0.834. The maximum absolute atomic E-state index is 13.3. The molecule has 2 aromatic heterocycles. The molecule has 1 N–H and O–H groups in total. The molecule has 9 nitrogen and oxygen atoms in total. The predicted octanol–water partition coefficient (Wildman–Crippen LogP) is 1.67. The molecule has 0 bridgehead atoms. The number of halogens is 1. The summed E-state index contributed by atoms with van der Waals surface area (Å²) in [4.78, 5) is 55.0. The van der Waals surface area contributed by atoms with Crippen molar-refractivity contribution in [1.82, 2.24) is 14.1 Å². The molecule has 3 rings (SSSR count). The van der Waals surface area contributed by atoms with Crippen LogP contribution in [0.5, 0.6) is 0 Å². The van der Waals surface area contributed by atoms with Gasteiger partial charge >= 0.3 is 11.7 Å². The van der Waals surface area contributed by atoms with E-state index in [4.69, 9.17) is 4.74 Å². The Morgan fingerprint density at radius 2 is 1.90 bits per heavy atom. The van der Waals surface area contributed by atoms with E-state index >= 15 is 0 Å². The summed E-state index contributed by atoms with van der Waals surface area (Å²) in [6.45, 7) is 4.36. The monoisotopic (exact) mass is 428 g/mol. The summed E-state index contributed by atoms with van der Waals surface area (Å²) < 4.78 is 20.1. The molecule has 10 heteroatoms. The normalized spacial score (nSPS) is 10.9. The van der Waals surface area contributed by atoms with Crippen LogP contribution in [0.4, 0.5) is 10.1 Å². The van der Waals surface area contributed by atoms with Crippen molar-refractivity contribution in [2.45, 2.75) is 27.3 Å². The lowest BCUT2D eigenvalue weighted by Crippen LogP contribution is -2.42. The molecular formula is C21H21FN4O5. The van der Waals surface area contributed by atoms with Crippen LogP contribution in [0.1, 0.15) is 28.5 Å². The number of hydrogen-bond donors (Lipinski definition) is 1. The summed E-state index contributed by atoms with van der Waals surface area (Å²) in [6.07, 6.45) is 0. The molecular weight excluding hydrogens is 407 g/mol. The number of hydrogen-bond acceptors (Lipinski definition) is 6. The molecule has 0 saturated carbocycles. The first-order valence-corrected chi connectivity index (χ1v) is 9.48. The molecule has 0 spiro atoms. The van der Waals surface area contributed by atoms with Gasteiger partial charge in [0.2, 0.25) is 5.91 Å². The second-order valence-corrected chi connectivity index (χ2v) is 6.97. The zero-order valence-corrected chi connectivity index (χ0v) is 17.5. The quantitative estimate of drug-likeness (QED) is 0.619. The number of nitrogens with zero attached hydrogens (tertiary/aromatic N) is 3. The van der Waals surface area contributed by atoms with E-state index in [9.17, 15) is 23.6 Å². The smallest absolute Gasteiger partial charge is 0.339 e. The number of rotatable bonds is 5. The summed E-state index contributed by atoms with van der Waals surface area (Å²) >= 11 is 0. The number of carbonyl (C=O) groups excluding carboxylic acids is 2. The van der Waals surface area contributed by atoms with Gasteiger partial charge in [-0.2, -0.15) is 0 Å². The number of pyridine rings is 1. The summed E-state index contributed by atoms with van der Waals surface area (Å²) in [7, 11) is 1.39. The minimum absolute atomic E-state index is 0.0177. The van der Waals surface area contributed by atoms with Crippen molar-refractivity contribution in [2.75, 3.05) is 11.9 Å². The lowest BCUT2D eigenvalue weighted by molar-refractivity contribution is -0.116. The van der Waals surface area contributed by atoms with E-state index in [1.807, 2.05) is 0 Å². The molecule has 1 amide bonds. The van der Waals surface area contributed by atoms with Gasteiger partial charge in [-0.1, -0.05) is 0 Å². The Morgan fingerprint density at radius 3 is 2.55 bits per heavy atom. The molecule has 0 unspecified atom stereocenters. The Morgan fingerprint density at radius 1 is 1.19 bits per heavy atom. The van der Waals surface area contributed by atoms with Crippen LogP contribution in [0.15, 0.2) is 33.9 Å². The minimum Gasteiger partial charge on any atom is -0.462 e. The number of amides is 1. The average Bonchev–Trinajstić information content (AvgIpc) is 2.71. The maximum Gasteiger partial charge on any atom is 0.339 e. The van der Waals surface area contributed by atoms with Gasteiger partial charge in [-0.05, 0) is 50.6 Å². The number of aromatic nitrogens is 3. The number of carbonyl (C=O) groups is 2. The van der Waals surface area contributed by atoms with Crippen molar-refractivity contribution in [3.8, 4) is 0 Å². The number of esters is 1. The average molecular weight is 428 g/mol. The molecule has 3 aromatic rings. The number of aryl methyl sites for hydroxylation is 3. The van der Waals surface area contributed by atoms with Gasteiger partial charge in [0.15, 0.2) is 0 Å². The van der Waals surface area contributed by atoms with Crippen molar-refractivity contribution >= 4 is 28.6 Å². The SMILES string of the molecule is CCOC(=O)c1cc(C)nc2c1c(=O)n(CC(=O)Nc1ccc(F)cc1C)c(=O)n2C. The molecule has 1 aromatic carbocycles. The zero-order chi connectivity index (χ0) is 22.9. The Labute approximate surface area is 176 Å². The molecule has 31 heavy (non-hydrogen) atoms. The predicted molar refractivity (Wildman–Crippen MR) is 112 cm³/mol. The summed E-state index contributed by atoms with van der Waals surface area (Å²) in [5.74, 6) is -1.85. The van der Waals surface area contributed by atoms with Crippen molar-refractivity contribution in [3.63, 3.8) is 0 Å². The van der Waals surface area contributed by atoms with Gasteiger partial charge in [-0.15, -0.1) is 0 Å². The molecule has 0 aliphatic rings. The van der Waals surface area contributed by atoms with E-state index in [1.54, 1.807) is 20.8 Å². The Hall–Kier alpha value is -3.82. The highest BCUT2D eigenvalue weighted by atomic mass is 19.1. The van der Waals surface area contributed by atoms with Gasteiger partial charge in [0.05, 0.1) is 17.6 Å². The highest BCUT2D eigenvalue weighted by molar-refractivity contribution is 6.02. The molecule has 0 aliphatic heterocycles. The third-order valence-corrected chi connectivity index (χ3v) is 4.68. The number of anilines is 1. The summed E-state index contributed by atoms with van der Waals surface area (Å²) in [5, 5.41) is 2.44. The molecule has 162 valence electrons. The van der Waals surface area contributed by atoms with Crippen LogP contribution >= 0.6 is 0 Å². The highest BCUT2D eigenvalue weighted by Gasteiger charge is 2.22. The van der Waals surface area contributed by atoms with Gasteiger partial charge in [-0.25, -0.2) is 19.0 Å². The van der Waals surface area contributed by atoms with E-state index in [2.05, 4.69) is 10.3 Å². The largest absolute Gasteiger partial charge is 0.462 e. The van der Waals surface area contributed by atoms with E-state index in [0.29, 0.717) is 16.9 Å². The molecule has 0 atom stereocenters. The van der Waals surface area contributed by atoms with Gasteiger partial charge in [0, 0.05) is 18.4 Å². The first kappa shape index (κ1) is 21.9. The fourth-order valence-electron chi connectivity index (χ4n) is 3.21. The van der Waals surface area contributed by atoms with E-state index < -0.39 is 35.5 Å². The van der Waals surface area contributed by atoms with Crippen molar-refractivity contribution in [1.29, 1.82) is 0 Å². The van der Waals surface area contributed by atoms with Crippen LogP contribution in [-0.4, -0.2) is 32.6 Å². The number of ether oxygens (including phenoxy) is 1. The second-order valence-electron chi connectivity index (χ2n) is 6.97. The lowest BCUT2D eigenvalue weighted by atomic mass is 10.1. The van der Waals surface area contributed by atoms with Crippen LogP contribution < -0.4 is 16.6 Å². The third kappa shape index (κ3) is 4.23. The second kappa shape index (κ2) is 8.50. The van der Waals surface area contributed by atoms with Crippen molar-refractivity contribution < 1.29 is 18.7 Å². The van der Waals surface area contributed by atoms with Crippen molar-refractivity contribution in [2.24, 2.45) is 7.05 Å². The fourth-order valence-corrected chi connectivity index (χ4v) is 3.21. The highest BCUT2D eigenvalue weighted by Crippen LogP contribution is 2.16. The Kier molecular flexibility index (Phi) is 6.00. The van der Waals surface area contributed by atoms with Crippen LogP contribution in [0.3, 0.4) is 0 Å². The van der Waals surface area contributed by atoms with Crippen LogP contribution in [0, 0.1) is 19.7 Å². The summed E-state index contributed by atoms with van der Waals surface area (Å²) in [5.41, 5.74) is -0.362. The van der Waals surface area contributed by atoms with E-state index in [0.717, 1.165) is 9.13 Å². The zero-order valence-electron chi connectivity index (χ0n) is 17.5. The number of nitrogens with one attached hydrogen (secondary N) is 1. The van der Waals surface area contributed by atoms with Gasteiger partial charge in [0.25, 0.3) is 5.56 Å². The van der Waals surface area contributed by atoms with Gasteiger partial charge in [0.1, 0.15) is 18.0 Å². The van der Waals surface area contributed by atoms with Crippen LogP contribution in [0.25, 0.3) is 11.0 Å². The number of benzene rings is 1. The summed E-state index contributed by atoms with van der Waals surface area (Å²) in [6, 6.07) is 5.22. The maximum atomic E-state index is 13.3. The Balaban J connectivity index is 2.10. The van der Waals surface area contributed by atoms with Crippen LogP contribution in [0.2, 0.25) is 0 Å². The fraction of sp³-hybridized carbons (Fsp3) is 0.286. The van der Waals surface area contributed by atoms with Crippen molar-refractivity contribution in [3.05, 3.63) is 67.7 Å². The molecule has 2 heterocycles. The van der Waals surface area contributed by atoms with Gasteiger partial charge < -0.3 is 10.1 Å². The molecule has 0 aliphatic carbocycles. The number of fused-ring (bicyclic) bond motifs is 1. The van der Waals surface area contributed by atoms with Crippen LogP contribution in [-0.2, 0) is 23.1 Å². The first-order chi connectivity index (χ1) is 14.6. The first-order valence-electron chi connectivity index (χ1n) is 9.48. The topological polar surface area (TPSA) is 112 Å². The molecule has 0 fully saturated rings. The third-order valence-electron chi connectivity index (χ3n) is 4.68. The Bertz CT molecular complexity index is 1330. The standard InChI is InChI=1S/C21H21FN4O5/c1-5-31-20(29)14-9-12(3)23-18-17(14)19(28)26(21(30)25(18)4)10-16(27)24-15-7-6-13(22)8-11(15)2/h6-9H,5,10H2,1-4H3,(H,24,27). The van der Waals surface area contributed by atoms with E-state index in [-0.39, 0.29) is 23.2 Å². The van der Waals surface area contributed by atoms with Gasteiger partial charge in [-0.3, -0.25) is 18.7 Å². The lowest BCUT2D eigenvalue weighted by Gasteiger charge is -2.14. The molecule has 0 saturated heterocycles. The molecule has 0 radical (unpaired) electrons.